The molecule has 3 rings (SSSR count). The highest BCUT2D eigenvalue weighted by atomic mass is 19.1. The number of urea groups is 1. The molecule has 1 fully saturated rings. The van der Waals surface area contributed by atoms with Crippen LogP contribution in [0, 0.1) is 5.82 Å². The standard InChI is InChI=1S/C22H25FN4O3/c1-15(28)17-7-8-20(18(23)13-17)26-9-11-27(12-10-26)21(29)14-19(25-22(24)30)16-5-3-2-4-6-16/h2-8,13,19H,9-12,14H2,1H3,(H3,24,25,30). The minimum atomic E-state index is -0.689. The number of amides is 3. The number of halogens is 1. The topological polar surface area (TPSA) is 95.7 Å². The van der Waals surface area contributed by atoms with Crippen molar-refractivity contribution in [1.29, 1.82) is 0 Å². The second-order valence-electron chi connectivity index (χ2n) is 7.27. The van der Waals surface area contributed by atoms with Crippen molar-refractivity contribution in [2.45, 2.75) is 19.4 Å². The van der Waals surface area contributed by atoms with Crippen LogP contribution in [-0.4, -0.2) is 48.8 Å². The number of anilines is 1. The van der Waals surface area contributed by atoms with E-state index in [1.54, 1.807) is 17.0 Å². The molecule has 0 saturated carbocycles. The molecule has 0 bridgehead atoms. The predicted molar refractivity (Wildman–Crippen MR) is 112 cm³/mol. The van der Waals surface area contributed by atoms with Gasteiger partial charge >= 0.3 is 6.03 Å². The molecule has 0 radical (unpaired) electrons. The number of benzene rings is 2. The van der Waals surface area contributed by atoms with Crippen molar-refractivity contribution in [3.63, 3.8) is 0 Å². The van der Waals surface area contributed by atoms with E-state index < -0.39 is 17.9 Å². The first kappa shape index (κ1) is 21.3. The molecule has 30 heavy (non-hydrogen) atoms. The number of piperazine rings is 1. The number of primary amides is 1. The van der Waals surface area contributed by atoms with Gasteiger partial charge in [-0.3, -0.25) is 9.59 Å². The second kappa shape index (κ2) is 9.39. The van der Waals surface area contributed by atoms with E-state index in [2.05, 4.69) is 5.32 Å². The number of hydrogen-bond acceptors (Lipinski definition) is 4. The summed E-state index contributed by atoms with van der Waals surface area (Å²) in [7, 11) is 0. The predicted octanol–water partition coefficient (Wildman–Crippen LogP) is 2.48. The number of Topliss-reactive ketones (excluding diaryl/α,β-unsaturated/α-hetero) is 1. The SMILES string of the molecule is CC(=O)c1ccc(N2CCN(C(=O)CC(NC(N)=O)c3ccccc3)CC2)c(F)c1. The van der Waals surface area contributed by atoms with Crippen LogP contribution in [0.5, 0.6) is 0 Å². The van der Waals surface area contributed by atoms with Crippen molar-refractivity contribution in [3.05, 3.63) is 65.5 Å². The Bertz CT molecular complexity index is 927. The normalized spacial score (nSPS) is 14.9. The molecule has 1 atom stereocenters. The lowest BCUT2D eigenvalue weighted by Gasteiger charge is -2.37. The van der Waals surface area contributed by atoms with E-state index in [-0.39, 0.29) is 18.1 Å². The molecule has 0 aromatic heterocycles. The molecule has 3 amide bonds. The first-order chi connectivity index (χ1) is 14.3. The first-order valence-corrected chi connectivity index (χ1v) is 9.79. The van der Waals surface area contributed by atoms with Crippen LogP contribution >= 0.6 is 0 Å². The minimum absolute atomic E-state index is 0.0919. The number of ketones is 1. The molecular formula is C22H25FN4O3. The van der Waals surface area contributed by atoms with E-state index in [9.17, 15) is 18.8 Å². The Balaban J connectivity index is 1.62. The zero-order valence-corrected chi connectivity index (χ0v) is 16.8. The van der Waals surface area contributed by atoms with Gasteiger partial charge in [0.2, 0.25) is 5.91 Å². The van der Waals surface area contributed by atoms with Gasteiger partial charge in [-0.25, -0.2) is 9.18 Å². The van der Waals surface area contributed by atoms with Gasteiger partial charge in [-0.15, -0.1) is 0 Å². The fraction of sp³-hybridized carbons (Fsp3) is 0.318. The van der Waals surface area contributed by atoms with E-state index in [1.807, 2.05) is 35.2 Å². The average Bonchev–Trinajstić information content (AvgIpc) is 2.73. The Morgan fingerprint density at radius 3 is 2.30 bits per heavy atom. The maximum atomic E-state index is 14.4. The van der Waals surface area contributed by atoms with Crippen LogP contribution in [-0.2, 0) is 4.79 Å². The molecule has 2 aromatic rings. The molecule has 2 aromatic carbocycles. The Hall–Kier alpha value is -3.42. The third kappa shape index (κ3) is 5.14. The molecule has 1 saturated heterocycles. The van der Waals surface area contributed by atoms with Gasteiger partial charge in [0, 0.05) is 31.7 Å². The van der Waals surface area contributed by atoms with Crippen LogP contribution in [0.2, 0.25) is 0 Å². The summed E-state index contributed by atoms with van der Waals surface area (Å²) >= 11 is 0. The molecule has 1 unspecified atom stereocenters. The molecule has 158 valence electrons. The highest BCUT2D eigenvalue weighted by Crippen LogP contribution is 2.23. The lowest BCUT2D eigenvalue weighted by Crippen LogP contribution is -2.49. The number of nitrogens with one attached hydrogen (secondary N) is 1. The number of nitrogens with zero attached hydrogens (tertiary/aromatic N) is 2. The van der Waals surface area contributed by atoms with Crippen molar-refractivity contribution in [2.24, 2.45) is 5.73 Å². The molecule has 1 aliphatic heterocycles. The summed E-state index contributed by atoms with van der Waals surface area (Å²) in [6, 6.07) is 12.4. The lowest BCUT2D eigenvalue weighted by molar-refractivity contribution is -0.132. The highest BCUT2D eigenvalue weighted by molar-refractivity contribution is 5.94. The highest BCUT2D eigenvalue weighted by Gasteiger charge is 2.26. The Kier molecular flexibility index (Phi) is 6.66. The lowest BCUT2D eigenvalue weighted by atomic mass is 10.0. The van der Waals surface area contributed by atoms with Crippen LogP contribution in [0.15, 0.2) is 48.5 Å². The summed E-state index contributed by atoms with van der Waals surface area (Å²) in [6.07, 6.45) is 0.0919. The maximum Gasteiger partial charge on any atom is 0.312 e. The molecule has 7 nitrogen and oxygen atoms in total. The Morgan fingerprint density at radius 1 is 1.07 bits per heavy atom. The third-order valence-electron chi connectivity index (χ3n) is 5.22. The number of nitrogens with two attached hydrogens (primary N) is 1. The number of hydrogen-bond donors (Lipinski definition) is 2. The van der Waals surface area contributed by atoms with Gasteiger partial charge in [-0.2, -0.15) is 0 Å². The van der Waals surface area contributed by atoms with E-state index in [0.29, 0.717) is 37.4 Å². The van der Waals surface area contributed by atoms with Crippen LogP contribution in [0.1, 0.15) is 35.3 Å². The van der Waals surface area contributed by atoms with Gasteiger partial charge in [0.15, 0.2) is 5.78 Å². The fourth-order valence-electron chi connectivity index (χ4n) is 3.59. The maximum absolute atomic E-state index is 14.4. The van der Waals surface area contributed by atoms with E-state index >= 15 is 0 Å². The summed E-state index contributed by atoms with van der Waals surface area (Å²) < 4.78 is 14.4. The molecule has 3 N–H and O–H groups in total. The molecule has 8 heteroatoms. The van der Waals surface area contributed by atoms with Gasteiger partial charge in [-0.1, -0.05) is 30.3 Å². The minimum Gasteiger partial charge on any atom is -0.366 e. The Labute approximate surface area is 174 Å². The monoisotopic (exact) mass is 412 g/mol. The van der Waals surface area contributed by atoms with Crippen molar-refractivity contribution in [3.8, 4) is 0 Å². The summed E-state index contributed by atoms with van der Waals surface area (Å²) in [6.45, 7) is 3.22. The first-order valence-electron chi connectivity index (χ1n) is 9.79. The fourth-order valence-corrected chi connectivity index (χ4v) is 3.59. The van der Waals surface area contributed by atoms with Crippen LogP contribution in [0.4, 0.5) is 14.9 Å². The molecule has 0 spiro atoms. The zero-order valence-electron chi connectivity index (χ0n) is 16.8. The van der Waals surface area contributed by atoms with Crippen molar-refractivity contribution >= 4 is 23.4 Å². The van der Waals surface area contributed by atoms with Crippen molar-refractivity contribution in [1.82, 2.24) is 10.2 Å². The largest absolute Gasteiger partial charge is 0.366 e. The smallest absolute Gasteiger partial charge is 0.312 e. The molecule has 0 aliphatic carbocycles. The number of carbonyl (C=O) groups is 3. The van der Waals surface area contributed by atoms with Gasteiger partial charge in [-0.05, 0) is 30.7 Å². The second-order valence-corrected chi connectivity index (χ2v) is 7.27. The van der Waals surface area contributed by atoms with E-state index in [0.717, 1.165) is 5.56 Å². The van der Waals surface area contributed by atoms with E-state index in [4.69, 9.17) is 5.73 Å². The zero-order chi connectivity index (χ0) is 21.7. The van der Waals surface area contributed by atoms with Gasteiger partial charge in [0.1, 0.15) is 5.82 Å². The summed E-state index contributed by atoms with van der Waals surface area (Å²) in [5, 5.41) is 2.63. The average molecular weight is 412 g/mol. The van der Waals surface area contributed by atoms with Crippen molar-refractivity contribution in [2.75, 3.05) is 31.1 Å². The van der Waals surface area contributed by atoms with Crippen molar-refractivity contribution < 1.29 is 18.8 Å². The summed E-state index contributed by atoms with van der Waals surface area (Å²) in [4.78, 5) is 39.1. The van der Waals surface area contributed by atoms with Crippen LogP contribution < -0.4 is 16.0 Å². The van der Waals surface area contributed by atoms with Crippen LogP contribution in [0.25, 0.3) is 0 Å². The number of carbonyl (C=O) groups excluding carboxylic acids is 3. The molecule has 1 heterocycles. The number of rotatable bonds is 6. The van der Waals surface area contributed by atoms with E-state index in [1.165, 1.54) is 13.0 Å². The third-order valence-corrected chi connectivity index (χ3v) is 5.22. The Morgan fingerprint density at radius 2 is 1.73 bits per heavy atom. The molecular weight excluding hydrogens is 387 g/mol. The quantitative estimate of drug-likeness (QED) is 0.713. The van der Waals surface area contributed by atoms with Gasteiger partial charge < -0.3 is 20.9 Å². The van der Waals surface area contributed by atoms with Gasteiger partial charge in [0.05, 0.1) is 18.2 Å². The van der Waals surface area contributed by atoms with Crippen LogP contribution in [0.3, 0.4) is 0 Å². The molecule has 1 aliphatic rings. The van der Waals surface area contributed by atoms with Gasteiger partial charge in [0.25, 0.3) is 0 Å². The summed E-state index contributed by atoms with van der Waals surface area (Å²) in [5.41, 5.74) is 6.83. The summed E-state index contributed by atoms with van der Waals surface area (Å²) in [5.74, 6) is -0.740.